The third-order valence-electron chi connectivity index (χ3n) is 6.15. The average Bonchev–Trinajstić information content (AvgIpc) is 3.02. The van der Waals surface area contributed by atoms with Gasteiger partial charge >= 0.3 is 0 Å². The number of methoxy groups -OCH3 is 2. The zero-order valence-electron chi connectivity index (χ0n) is 23.8. The standard InChI is InChI=1S/C33H30ClN3O5S/c1-21-15-28(30(42-3)19-27(21)34)36-31(38)20-43-26-14-8-12-24(18-26)35-33(40)29(17-22-9-7-13-25(16-22)41-2)37-32(39)23-10-5-4-6-11-23/h4-19H,20H2,1-3H3,(H,35,40)(H,36,38)(H,37,39)/b29-17-. The largest absolute Gasteiger partial charge is 0.497 e. The predicted octanol–water partition coefficient (Wildman–Crippen LogP) is 6.81. The molecule has 10 heteroatoms. The molecule has 43 heavy (non-hydrogen) atoms. The van der Waals surface area contributed by atoms with E-state index in [0.717, 1.165) is 10.5 Å². The Morgan fingerprint density at radius 3 is 2.37 bits per heavy atom. The van der Waals surface area contributed by atoms with Gasteiger partial charge in [-0.25, -0.2) is 0 Å². The number of benzene rings is 4. The Balaban J connectivity index is 1.46. The van der Waals surface area contributed by atoms with Gasteiger partial charge in [-0.15, -0.1) is 11.8 Å². The summed E-state index contributed by atoms with van der Waals surface area (Å²) in [6.45, 7) is 1.84. The number of ether oxygens (including phenoxy) is 2. The summed E-state index contributed by atoms with van der Waals surface area (Å²) >= 11 is 7.47. The SMILES string of the molecule is COc1cccc(/C=C(\NC(=O)c2ccccc2)C(=O)Nc2cccc(SCC(=O)Nc3cc(C)c(Cl)cc3OC)c2)c1. The lowest BCUT2D eigenvalue weighted by Gasteiger charge is -2.13. The molecule has 4 aromatic rings. The summed E-state index contributed by atoms with van der Waals surface area (Å²) < 4.78 is 10.6. The van der Waals surface area contributed by atoms with Crippen LogP contribution in [0, 0.1) is 6.92 Å². The molecule has 3 amide bonds. The van der Waals surface area contributed by atoms with Crippen LogP contribution in [0.15, 0.2) is 102 Å². The highest BCUT2D eigenvalue weighted by atomic mass is 35.5. The van der Waals surface area contributed by atoms with Crippen LogP contribution in [-0.4, -0.2) is 37.7 Å². The minimum absolute atomic E-state index is 0.0479. The van der Waals surface area contributed by atoms with Crippen LogP contribution in [0.2, 0.25) is 5.02 Å². The van der Waals surface area contributed by atoms with Gasteiger partial charge in [-0.1, -0.05) is 48.0 Å². The number of thioether (sulfide) groups is 1. The van der Waals surface area contributed by atoms with Crippen molar-refractivity contribution in [3.05, 3.63) is 118 Å². The molecule has 8 nitrogen and oxygen atoms in total. The van der Waals surface area contributed by atoms with E-state index >= 15 is 0 Å². The van der Waals surface area contributed by atoms with E-state index in [2.05, 4.69) is 16.0 Å². The number of anilines is 2. The maximum Gasteiger partial charge on any atom is 0.272 e. The molecule has 0 radical (unpaired) electrons. The summed E-state index contributed by atoms with van der Waals surface area (Å²) in [6.07, 6.45) is 1.58. The van der Waals surface area contributed by atoms with Crippen molar-refractivity contribution in [1.82, 2.24) is 5.32 Å². The van der Waals surface area contributed by atoms with Crippen molar-refractivity contribution in [3.63, 3.8) is 0 Å². The van der Waals surface area contributed by atoms with Crippen molar-refractivity contribution in [1.29, 1.82) is 0 Å². The summed E-state index contributed by atoms with van der Waals surface area (Å²) in [5.74, 6) is 0.0322. The molecule has 0 heterocycles. The molecule has 0 atom stereocenters. The molecule has 4 rings (SSSR count). The van der Waals surface area contributed by atoms with Crippen LogP contribution >= 0.6 is 23.4 Å². The fourth-order valence-corrected chi connectivity index (χ4v) is 4.88. The first-order chi connectivity index (χ1) is 20.7. The van der Waals surface area contributed by atoms with Crippen LogP contribution in [0.3, 0.4) is 0 Å². The van der Waals surface area contributed by atoms with Gasteiger partial charge in [-0.05, 0) is 72.7 Å². The molecule has 0 spiro atoms. The first-order valence-electron chi connectivity index (χ1n) is 13.2. The molecule has 220 valence electrons. The minimum Gasteiger partial charge on any atom is -0.497 e. The summed E-state index contributed by atoms with van der Waals surface area (Å²) in [5, 5.41) is 8.97. The maximum atomic E-state index is 13.4. The molecular formula is C33H30ClN3O5S. The maximum absolute atomic E-state index is 13.4. The summed E-state index contributed by atoms with van der Waals surface area (Å²) in [4.78, 5) is 39.8. The molecule has 0 aliphatic heterocycles. The second kappa shape index (κ2) is 14.9. The first-order valence-corrected chi connectivity index (χ1v) is 14.5. The van der Waals surface area contributed by atoms with E-state index in [4.69, 9.17) is 21.1 Å². The van der Waals surface area contributed by atoms with Crippen molar-refractivity contribution < 1.29 is 23.9 Å². The van der Waals surface area contributed by atoms with Crippen molar-refractivity contribution in [3.8, 4) is 11.5 Å². The summed E-state index contributed by atoms with van der Waals surface area (Å²) in [7, 11) is 3.06. The van der Waals surface area contributed by atoms with Crippen molar-refractivity contribution in [2.45, 2.75) is 11.8 Å². The highest BCUT2D eigenvalue weighted by Crippen LogP contribution is 2.31. The lowest BCUT2D eigenvalue weighted by atomic mass is 10.1. The van der Waals surface area contributed by atoms with Gasteiger partial charge in [-0.3, -0.25) is 14.4 Å². The number of rotatable bonds is 11. The summed E-state index contributed by atoms with van der Waals surface area (Å²) in [6, 6.07) is 26.3. The number of hydrogen-bond donors (Lipinski definition) is 3. The van der Waals surface area contributed by atoms with Crippen LogP contribution in [0.25, 0.3) is 6.08 Å². The van der Waals surface area contributed by atoms with Gasteiger partial charge in [0.05, 0.1) is 25.7 Å². The van der Waals surface area contributed by atoms with E-state index in [0.29, 0.717) is 39.0 Å². The predicted molar refractivity (Wildman–Crippen MR) is 172 cm³/mol. The molecular weight excluding hydrogens is 586 g/mol. The number of carbonyl (C=O) groups excluding carboxylic acids is 3. The highest BCUT2D eigenvalue weighted by Gasteiger charge is 2.16. The van der Waals surface area contributed by atoms with E-state index < -0.39 is 11.8 Å². The van der Waals surface area contributed by atoms with Crippen LogP contribution < -0.4 is 25.4 Å². The molecule has 0 aliphatic carbocycles. The Hall–Kier alpha value is -4.73. The molecule has 0 saturated carbocycles. The third kappa shape index (κ3) is 8.88. The van der Waals surface area contributed by atoms with Crippen LogP contribution in [0.1, 0.15) is 21.5 Å². The quantitative estimate of drug-likeness (QED) is 0.126. The average molecular weight is 616 g/mol. The minimum atomic E-state index is -0.516. The zero-order valence-corrected chi connectivity index (χ0v) is 25.3. The lowest BCUT2D eigenvalue weighted by molar-refractivity contribution is -0.114. The fourth-order valence-electron chi connectivity index (χ4n) is 3.97. The first kappa shape index (κ1) is 31.2. The zero-order chi connectivity index (χ0) is 30.8. The van der Waals surface area contributed by atoms with Gasteiger partial charge in [0.25, 0.3) is 11.8 Å². The molecule has 0 aromatic heterocycles. The Bertz CT molecular complexity index is 1660. The van der Waals surface area contributed by atoms with Crippen LogP contribution in [0.4, 0.5) is 11.4 Å². The molecule has 3 N–H and O–H groups in total. The smallest absolute Gasteiger partial charge is 0.272 e. The van der Waals surface area contributed by atoms with Gasteiger partial charge < -0.3 is 25.4 Å². The normalized spacial score (nSPS) is 10.9. The van der Waals surface area contributed by atoms with Gasteiger partial charge in [0.1, 0.15) is 17.2 Å². The Morgan fingerprint density at radius 2 is 1.63 bits per heavy atom. The van der Waals surface area contributed by atoms with E-state index in [9.17, 15) is 14.4 Å². The number of amides is 3. The second-order valence-electron chi connectivity index (χ2n) is 9.28. The van der Waals surface area contributed by atoms with Crippen molar-refractivity contribution in [2.75, 3.05) is 30.6 Å². The molecule has 0 unspecified atom stereocenters. The number of halogens is 1. The van der Waals surface area contributed by atoms with Gasteiger partial charge in [0, 0.05) is 27.2 Å². The number of hydrogen-bond acceptors (Lipinski definition) is 6. The topological polar surface area (TPSA) is 106 Å². The number of carbonyl (C=O) groups is 3. The van der Waals surface area contributed by atoms with Crippen LogP contribution in [0.5, 0.6) is 11.5 Å². The Morgan fingerprint density at radius 1 is 0.860 bits per heavy atom. The van der Waals surface area contributed by atoms with Crippen molar-refractivity contribution >= 4 is 58.5 Å². The molecule has 0 fully saturated rings. The number of nitrogens with one attached hydrogen (secondary N) is 3. The fraction of sp³-hybridized carbons (Fsp3) is 0.121. The lowest BCUT2D eigenvalue weighted by Crippen LogP contribution is -2.30. The van der Waals surface area contributed by atoms with E-state index in [1.165, 1.54) is 18.9 Å². The highest BCUT2D eigenvalue weighted by molar-refractivity contribution is 8.00. The Kier molecular flexibility index (Phi) is 10.9. The molecule has 4 aromatic carbocycles. The Labute approximate surface area is 259 Å². The third-order valence-corrected chi connectivity index (χ3v) is 7.55. The van der Waals surface area contributed by atoms with E-state index in [1.54, 1.807) is 98.1 Å². The molecule has 0 bridgehead atoms. The van der Waals surface area contributed by atoms with E-state index in [1.807, 2.05) is 13.0 Å². The number of aryl methyl sites for hydroxylation is 1. The van der Waals surface area contributed by atoms with Gasteiger partial charge in [0.2, 0.25) is 5.91 Å². The van der Waals surface area contributed by atoms with Gasteiger partial charge in [0.15, 0.2) is 0 Å². The van der Waals surface area contributed by atoms with E-state index in [-0.39, 0.29) is 17.4 Å². The molecule has 0 saturated heterocycles. The summed E-state index contributed by atoms with van der Waals surface area (Å²) in [5.41, 5.74) is 2.97. The monoisotopic (exact) mass is 615 g/mol. The van der Waals surface area contributed by atoms with Gasteiger partial charge in [-0.2, -0.15) is 0 Å². The van der Waals surface area contributed by atoms with Crippen LogP contribution in [-0.2, 0) is 9.59 Å². The van der Waals surface area contributed by atoms with Crippen molar-refractivity contribution in [2.24, 2.45) is 0 Å². The second-order valence-corrected chi connectivity index (χ2v) is 10.7. The molecule has 0 aliphatic rings.